The number of aromatic nitrogens is 1. The highest BCUT2D eigenvalue weighted by atomic mass is 32.2. The molecule has 2 aromatic rings. The lowest BCUT2D eigenvalue weighted by atomic mass is 10.3. The summed E-state index contributed by atoms with van der Waals surface area (Å²) in [6.07, 6.45) is 1.69. The number of thiazole rings is 1. The Morgan fingerprint density at radius 2 is 2.17 bits per heavy atom. The fraction of sp³-hybridized carbons (Fsp3) is 0.167. The van der Waals surface area contributed by atoms with Crippen LogP contribution in [-0.4, -0.2) is 23.7 Å². The number of anilines is 2. The molecule has 0 fully saturated rings. The summed E-state index contributed by atoms with van der Waals surface area (Å²) in [4.78, 5) is 17.6. The third-order valence-electron chi connectivity index (χ3n) is 2.36. The predicted octanol–water partition coefficient (Wildman–Crippen LogP) is 2.48. The molecule has 2 N–H and O–H groups in total. The zero-order valence-electron chi connectivity index (χ0n) is 9.87. The van der Waals surface area contributed by atoms with E-state index in [1.54, 1.807) is 18.1 Å². The molecule has 1 amide bonds. The second-order valence-corrected chi connectivity index (χ2v) is 5.93. The third-order valence-corrected chi connectivity index (χ3v) is 4.36. The lowest BCUT2D eigenvalue weighted by Gasteiger charge is -2.16. The SMILES string of the molecule is CN(C(=O)CSc1cnc(N)s1)c1ccccc1. The minimum absolute atomic E-state index is 0.0539. The monoisotopic (exact) mass is 279 g/mol. The molecule has 18 heavy (non-hydrogen) atoms. The molecule has 0 bridgehead atoms. The van der Waals surface area contributed by atoms with Crippen molar-refractivity contribution in [3.63, 3.8) is 0 Å². The van der Waals surface area contributed by atoms with Crippen LogP contribution in [0.4, 0.5) is 10.8 Å². The predicted molar refractivity (Wildman–Crippen MR) is 77.1 cm³/mol. The maximum Gasteiger partial charge on any atom is 0.237 e. The van der Waals surface area contributed by atoms with Crippen molar-refractivity contribution in [1.29, 1.82) is 0 Å². The maximum absolute atomic E-state index is 12.0. The van der Waals surface area contributed by atoms with E-state index in [0.717, 1.165) is 9.90 Å². The summed E-state index contributed by atoms with van der Waals surface area (Å²) in [5.41, 5.74) is 6.43. The Hall–Kier alpha value is -1.53. The number of thioether (sulfide) groups is 1. The Labute approximate surface area is 114 Å². The van der Waals surface area contributed by atoms with Crippen molar-refractivity contribution in [3.8, 4) is 0 Å². The van der Waals surface area contributed by atoms with Gasteiger partial charge < -0.3 is 10.6 Å². The number of hydrogen-bond acceptors (Lipinski definition) is 5. The van der Waals surface area contributed by atoms with Crippen LogP contribution >= 0.6 is 23.1 Å². The van der Waals surface area contributed by atoms with Crippen molar-refractivity contribution in [2.45, 2.75) is 4.21 Å². The summed E-state index contributed by atoms with van der Waals surface area (Å²) < 4.78 is 0.960. The summed E-state index contributed by atoms with van der Waals surface area (Å²) >= 11 is 2.85. The number of nitrogen functional groups attached to an aromatic ring is 1. The third kappa shape index (κ3) is 3.24. The molecule has 0 saturated heterocycles. The lowest BCUT2D eigenvalue weighted by molar-refractivity contribution is -0.115. The highest BCUT2D eigenvalue weighted by Crippen LogP contribution is 2.26. The number of rotatable bonds is 4. The molecule has 0 aliphatic heterocycles. The van der Waals surface area contributed by atoms with E-state index in [4.69, 9.17) is 5.73 Å². The minimum atomic E-state index is 0.0539. The minimum Gasteiger partial charge on any atom is -0.375 e. The number of benzene rings is 1. The fourth-order valence-electron chi connectivity index (χ4n) is 1.36. The smallest absolute Gasteiger partial charge is 0.237 e. The Balaban J connectivity index is 1.92. The number of hydrogen-bond donors (Lipinski definition) is 1. The van der Waals surface area contributed by atoms with Gasteiger partial charge in [-0.15, -0.1) is 11.8 Å². The van der Waals surface area contributed by atoms with Crippen LogP contribution in [0.5, 0.6) is 0 Å². The van der Waals surface area contributed by atoms with Gasteiger partial charge >= 0.3 is 0 Å². The quantitative estimate of drug-likeness (QED) is 0.874. The molecule has 1 aromatic heterocycles. The molecule has 0 unspecified atom stereocenters. The van der Waals surface area contributed by atoms with Crippen molar-refractivity contribution >= 4 is 39.8 Å². The zero-order valence-corrected chi connectivity index (χ0v) is 11.5. The van der Waals surface area contributed by atoms with Gasteiger partial charge in [-0.1, -0.05) is 29.5 Å². The van der Waals surface area contributed by atoms with E-state index in [2.05, 4.69) is 4.98 Å². The van der Waals surface area contributed by atoms with Crippen LogP contribution < -0.4 is 10.6 Å². The van der Waals surface area contributed by atoms with Crippen LogP contribution in [-0.2, 0) is 4.79 Å². The first kappa shape index (κ1) is 12.9. The van der Waals surface area contributed by atoms with E-state index < -0.39 is 0 Å². The van der Waals surface area contributed by atoms with Crippen molar-refractivity contribution in [2.75, 3.05) is 23.4 Å². The summed E-state index contributed by atoms with van der Waals surface area (Å²) in [7, 11) is 1.78. The molecule has 0 atom stereocenters. The first-order valence-corrected chi connectivity index (χ1v) is 7.13. The van der Waals surface area contributed by atoms with Gasteiger partial charge in [-0.3, -0.25) is 4.79 Å². The summed E-state index contributed by atoms with van der Waals surface area (Å²) in [6.45, 7) is 0. The van der Waals surface area contributed by atoms with Gasteiger partial charge in [0.05, 0.1) is 16.2 Å². The second kappa shape index (κ2) is 5.88. The molecule has 1 aromatic carbocycles. The van der Waals surface area contributed by atoms with Gasteiger partial charge in [0.25, 0.3) is 0 Å². The van der Waals surface area contributed by atoms with Gasteiger partial charge in [-0.2, -0.15) is 0 Å². The van der Waals surface area contributed by atoms with E-state index in [1.807, 2.05) is 30.3 Å². The fourth-order valence-corrected chi connectivity index (χ4v) is 3.04. The van der Waals surface area contributed by atoms with Gasteiger partial charge in [-0.25, -0.2) is 4.98 Å². The molecular weight excluding hydrogens is 266 g/mol. The highest BCUT2D eigenvalue weighted by molar-refractivity contribution is 8.01. The average Bonchev–Trinajstić information content (AvgIpc) is 2.82. The summed E-state index contributed by atoms with van der Waals surface area (Å²) in [5, 5.41) is 0.529. The van der Waals surface area contributed by atoms with E-state index in [0.29, 0.717) is 10.9 Å². The molecule has 0 aliphatic carbocycles. The first-order chi connectivity index (χ1) is 8.66. The van der Waals surface area contributed by atoms with Crippen LogP contribution in [0.15, 0.2) is 40.7 Å². The lowest BCUT2D eigenvalue weighted by Crippen LogP contribution is -2.27. The second-order valence-electron chi connectivity index (χ2n) is 3.59. The molecule has 0 saturated carbocycles. The summed E-state index contributed by atoms with van der Waals surface area (Å²) in [5.74, 6) is 0.436. The molecule has 2 rings (SSSR count). The Kier molecular flexibility index (Phi) is 4.22. The summed E-state index contributed by atoms with van der Waals surface area (Å²) in [6, 6.07) is 9.57. The molecule has 0 radical (unpaired) electrons. The van der Waals surface area contributed by atoms with Gasteiger partial charge in [-0.05, 0) is 12.1 Å². The van der Waals surface area contributed by atoms with E-state index >= 15 is 0 Å². The number of nitrogens with two attached hydrogens (primary N) is 1. The molecule has 94 valence electrons. The molecule has 0 aliphatic rings. The molecule has 6 heteroatoms. The zero-order chi connectivity index (χ0) is 13.0. The van der Waals surface area contributed by atoms with Crippen molar-refractivity contribution in [3.05, 3.63) is 36.5 Å². The Morgan fingerprint density at radius 3 is 2.78 bits per heavy atom. The normalized spacial score (nSPS) is 10.3. The topological polar surface area (TPSA) is 59.2 Å². The van der Waals surface area contributed by atoms with Crippen LogP contribution in [0.2, 0.25) is 0 Å². The largest absolute Gasteiger partial charge is 0.375 e. The van der Waals surface area contributed by atoms with Gasteiger partial charge in [0, 0.05) is 12.7 Å². The van der Waals surface area contributed by atoms with E-state index in [1.165, 1.54) is 23.1 Å². The van der Waals surface area contributed by atoms with E-state index in [9.17, 15) is 4.79 Å². The van der Waals surface area contributed by atoms with Gasteiger partial charge in [0.15, 0.2) is 5.13 Å². The maximum atomic E-state index is 12.0. The van der Waals surface area contributed by atoms with Gasteiger partial charge in [0.1, 0.15) is 0 Å². The first-order valence-electron chi connectivity index (χ1n) is 5.32. The standard InChI is InChI=1S/C12H13N3OS2/c1-15(9-5-3-2-4-6-9)10(16)8-17-11-7-14-12(13)18-11/h2-7H,8H2,1H3,(H2,13,14). The number of para-hydroxylation sites is 1. The average molecular weight is 279 g/mol. The molecular formula is C12H13N3OS2. The van der Waals surface area contributed by atoms with Crippen LogP contribution in [0, 0.1) is 0 Å². The van der Waals surface area contributed by atoms with Crippen LogP contribution in [0.25, 0.3) is 0 Å². The van der Waals surface area contributed by atoms with Crippen molar-refractivity contribution in [1.82, 2.24) is 4.98 Å². The number of carbonyl (C=O) groups is 1. The number of nitrogens with zero attached hydrogens (tertiary/aromatic N) is 2. The van der Waals surface area contributed by atoms with Gasteiger partial charge in [0.2, 0.25) is 5.91 Å². The highest BCUT2D eigenvalue weighted by Gasteiger charge is 2.11. The molecule has 1 heterocycles. The number of carbonyl (C=O) groups excluding carboxylic acids is 1. The van der Waals surface area contributed by atoms with Crippen LogP contribution in [0.3, 0.4) is 0 Å². The molecule has 4 nitrogen and oxygen atoms in total. The molecule has 0 spiro atoms. The Bertz CT molecular complexity index is 527. The number of amides is 1. The van der Waals surface area contributed by atoms with Crippen molar-refractivity contribution in [2.24, 2.45) is 0 Å². The van der Waals surface area contributed by atoms with E-state index in [-0.39, 0.29) is 5.91 Å². The van der Waals surface area contributed by atoms with Crippen molar-refractivity contribution < 1.29 is 4.79 Å². The Morgan fingerprint density at radius 1 is 1.44 bits per heavy atom. The van der Waals surface area contributed by atoms with Crippen LogP contribution in [0.1, 0.15) is 0 Å².